The van der Waals surface area contributed by atoms with Gasteiger partial charge in [0.15, 0.2) is 0 Å². The van der Waals surface area contributed by atoms with E-state index in [0.29, 0.717) is 12.1 Å². The summed E-state index contributed by atoms with van der Waals surface area (Å²) in [5.74, 6) is -2.41. The van der Waals surface area contributed by atoms with Crippen LogP contribution in [0.2, 0.25) is 5.02 Å². The highest BCUT2D eigenvalue weighted by Gasteiger charge is 2.34. The number of hydrogen-bond acceptors (Lipinski definition) is 1. The predicted octanol–water partition coefficient (Wildman–Crippen LogP) is 4.70. The first kappa shape index (κ1) is 13.7. The Bertz CT molecular complexity index is 624. The van der Waals surface area contributed by atoms with Crippen LogP contribution in [0.15, 0.2) is 30.5 Å². The van der Waals surface area contributed by atoms with Crippen LogP contribution in [0.3, 0.4) is 0 Å². The molecule has 2 rings (SSSR count). The van der Waals surface area contributed by atoms with Crippen LogP contribution in [0.4, 0.5) is 22.0 Å². The summed E-state index contributed by atoms with van der Waals surface area (Å²) >= 11 is 5.60. The molecule has 1 aromatic heterocycles. The largest absolute Gasteiger partial charge is 0.419 e. The lowest BCUT2D eigenvalue weighted by atomic mass is 10.0. The standard InChI is InChI=1S/C12H5ClF5N/c13-7-4-8(11(15)19-5-7)6-1-2-10(14)9(3-6)12(16,17)18/h1-5H. The van der Waals surface area contributed by atoms with Gasteiger partial charge in [0.2, 0.25) is 5.95 Å². The second kappa shape index (κ2) is 4.77. The van der Waals surface area contributed by atoms with E-state index in [0.717, 1.165) is 18.3 Å². The summed E-state index contributed by atoms with van der Waals surface area (Å²) in [6.45, 7) is 0. The fraction of sp³-hybridized carbons (Fsp3) is 0.0833. The summed E-state index contributed by atoms with van der Waals surface area (Å²) in [6.07, 6.45) is -3.84. The summed E-state index contributed by atoms with van der Waals surface area (Å²) in [6, 6.07) is 3.29. The summed E-state index contributed by atoms with van der Waals surface area (Å²) in [7, 11) is 0. The van der Waals surface area contributed by atoms with Gasteiger partial charge in [-0.15, -0.1) is 0 Å². The molecule has 0 fully saturated rings. The van der Waals surface area contributed by atoms with Gasteiger partial charge in [0.25, 0.3) is 0 Å². The van der Waals surface area contributed by atoms with Crippen LogP contribution in [-0.4, -0.2) is 4.98 Å². The first-order chi connectivity index (χ1) is 8.79. The van der Waals surface area contributed by atoms with Crippen molar-refractivity contribution in [2.75, 3.05) is 0 Å². The molecule has 1 nitrogen and oxygen atoms in total. The van der Waals surface area contributed by atoms with E-state index in [1.807, 2.05) is 0 Å². The topological polar surface area (TPSA) is 12.9 Å². The number of pyridine rings is 1. The Labute approximate surface area is 109 Å². The van der Waals surface area contributed by atoms with Gasteiger partial charge in [-0.25, -0.2) is 9.37 Å². The van der Waals surface area contributed by atoms with Gasteiger partial charge in [0.1, 0.15) is 5.82 Å². The van der Waals surface area contributed by atoms with Gasteiger partial charge in [0.05, 0.1) is 10.6 Å². The van der Waals surface area contributed by atoms with Crippen molar-refractivity contribution in [1.29, 1.82) is 0 Å². The molecule has 0 aliphatic heterocycles. The number of alkyl halides is 3. The van der Waals surface area contributed by atoms with Crippen molar-refractivity contribution >= 4 is 11.6 Å². The first-order valence-corrected chi connectivity index (χ1v) is 5.35. The Morgan fingerprint density at radius 1 is 1.05 bits per heavy atom. The van der Waals surface area contributed by atoms with Crippen LogP contribution < -0.4 is 0 Å². The number of aromatic nitrogens is 1. The maximum atomic E-state index is 13.4. The van der Waals surface area contributed by atoms with E-state index in [4.69, 9.17) is 11.6 Å². The molecule has 19 heavy (non-hydrogen) atoms. The highest BCUT2D eigenvalue weighted by molar-refractivity contribution is 6.30. The number of nitrogens with zero attached hydrogens (tertiary/aromatic N) is 1. The van der Waals surface area contributed by atoms with Crippen molar-refractivity contribution in [3.63, 3.8) is 0 Å². The third-order valence-corrected chi connectivity index (χ3v) is 2.60. The van der Waals surface area contributed by atoms with E-state index < -0.39 is 23.5 Å². The summed E-state index contributed by atoms with van der Waals surface area (Å²) in [4.78, 5) is 3.30. The van der Waals surface area contributed by atoms with Gasteiger partial charge in [-0.1, -0.05) is 17.7 Å². The average Bonchev–Trinajstić information content (AvgIpc) is 2.31. The second-order valence-corrected chi connectivity index (χ2v) is 4.12. The molecule has 0 radical (unpaired) electrons. The van der Waals surface area contributed by atoms with E-state index >= 15 is 0 Å². The third-order valence-electron chi connectivity index (χ3n) is 2.39. The molecule has 0 aliphatic rings. The Morgan fingerprint density at radius 3 is 2.37 bits per heavy atom. The quantitative estimate of drug-likeness (QED) is 0.548. The molecule has 0 spiro atoms. The average molecular weight is 294 g/mol. The highest BCUT2D eigenvalue weighted by atomic mass is 35.5. The van der Waals surface area contributed by atoms with Gasteiger partial charge in [-0.05, 0) is 23.8 Å². The Hall–Kier alpha value is -1.69. The lowest BCUT2D eigenvalue weighted by Crippen LogP contribution is -2.08. The van der Waals surface area contributed by atoms with Gasteiger partial charge in [-0.2, -0.15) is 17.6 Å². The van der Waals surface area contributed by atoms with E-state index in [-0.39, 0.29) is 16.1 Å². The van der Waals surface area contributed by atoms with Crippen LogP contribution in [0, 0.1) is 11.8 Å². The molecule has 7 heteroatoms. The molecule has 2 aromatic rings. The molecule has 0 bridgehead atoms. The van der Waals surface area contributed by atoms with Crippen molar-refractivity contribution in [3.8, 4) is 11.1 Å². The highest BCUT2D eigenvalue weighted by Crippen LogP contribution is 2.35. The molecular formula is C12H5ClF5N. The fourth-order valence-electron chi connectivity index (χ4n) is 1.54. The Morgan fingerprint density at radius 2 is 1.74 bits per heavy atom. The van der Waals surface area contributed by atoms with Crippen molar-refractivity contribution in [3.05, 3.63) is 52.8 Å². The van der Waals surface area contributed by atoms with Crippen LogP contribution in [-0.2, 0) is 6.18 Å². The minimum atomic E-state index is -4.86. The maximum absolute atomic E-state index is 13.4. The minimum absolute atomic E-state index is 0.0642. The zero-order valence-corrected chi connectivity index (χ0v) is 9.86. The third kappa shape index (κ3) is 2.84. The molecule has 0 saturated carbocycles. The number of hydrogen-bond donors (Lipinski definition) is 0. The van der Waals surface area contributed by atoms with Gasteiger partial charge in [-0.3, -0.25) is 0 Å². The molecule has 1 aromatic carbocycles. The predicted molar refractivity (Wildman–Crippen MR) is 59.6 cm³/mol. The SMILES string of the molecule is Fc1ccc(-c2cc(Cl)cnc2F)cc1C(F)(F)F. The first-order valence-electron chi connectivity index (χ1n) is 4.97. The molecule has 1 heterocycles. The summed E-state index contributed by atoms with van der Waals surface area (Å²) < 4.78 is 64.2. The lowest BCUT2D eigenvalue weighted by Gasteiger charge is -2.10. The van der Waals surface area contributed by atoms with Gasteiger partial charge in [0, 0.05) is 11.8 Å². The molecule has 100 valence electrons. The summed E-state index contributed by atoms with van der Waals surface area (Å²) in [5.41, 5.74) is -1.84. The monoisotopic (exact) mass is 293 g/mol. The minimum Gasteiger partial charge on any atom is -0.226 e. The number of halogens is 6. The van der Waals surface area contributed by atoms with Crippen LogP contribution in [0.5, 0.6) is 0 Å². The van der Waals surface area contributed by atoms with Gasteiger partial charge >= 0.3 is 6.18 Å². The van der Waals surface area contributed by atoms with Crippen LogP contribution >= 0.6 is 11.6 Å². The second-order valence-electron chi connectivity index (χ2n) is 3.68. The molecule has 0 unspecified atom stereocenters. The fourth-order valence-corrected chi connectivity index (χ4v) is 1.69. The lowest BCUT2D eigenvalue weighted by molar-refractivity contribution is -0.139. The summed E-state index contributed by atoms with van der Waals surface area (Å²) in [5, 5.41) is 0.0642. The molecule has 0 atom stereocenters. The molecule has 0 amide bonds. The van der Waals surface area contributed by atoms with E-state index in [1.54, 1.807) is 0 Å². The maximum Gasteiger partial charge on any atom is 0.419 e. The van der Waals surface area contributed by atoms with E-state index in [2.05, 4.69) is 4.98 Å². The molecule has 0 saturated heterocycles. The van der Waals surface area contributed by atoms with Crippen molar-refractivity contribution in [2.45, 2.75) is 6.18 Å². The molecule has 0 aliphatic carbocycles. The van der Waals surface area contributed by atoms with Crippen molar-refractivity contribution in [2.24, 2.45) is 0 Å². The van der Waals surface area contributed by atoms with Crippen molar-refractivity contribution < 1.29 is 22.0 Å². The number of rotatable bonds is 1. The van der Waals surface area contributed by atoms with Gasteiger partial charge < -0.3 is 0 Å². The van der Waals surface area contributed by atoms with Crippen LogP contribution in [0.1, 0.15) is 5.56 Å². The van der Waals surface area contributed by atoms with E-state index in [1.165, 1.54) is 0 Å². The van der Waals surface area contributed by atoms with E-state index in [9.17, 15) is 22.0 Å². The molecule has 0 N–H and O–H groups in total. The van der Waals surface area contributed by atoms with Crippen LogP contribution in [0.25, 0.3) is 11.1 Å². The molecular weight excluding hydrogens is 289 g/mol. The normalized spacial score (nSPS) is 11.7. The zero-order chi connectivity index (χ0) is 14.2. The zero-order valence-electron chi connectivity index (χ0n) is 9.10. The smallest absolute Gasteiger partial charge is 0.226 e. The Kier molecular flexibility index (Phi) is 3.45. The van der Waals surface area contributed by atoms with Crippen molar-refractivity contribution in [1.82, 2.24) is 4.98 Å². The number of benzene rings is 1. The Balaban J connectivity index is 2.61.